The van der Waals surface area contributed by atoms with Crippen LogP contribution in [0.1, 0.15) is 17.0 Å². The third-order valence-corrected chi connectivity index (χ3v) is 6.80. The molecular formula is C24H24N6OS. The minimum atomic E-state index is 0.0295. The van der Waals surface area contributed by atoms with Crippen LogP contribution in [0.25, 0.3) is 22.1 Å². The average molecular weight is 445 g/mol. The van der Waals surface area contributed by atoms with Crippen LogP contribution in [0.2, 0.25) is 0 Å². The zero-order valence-corrected chi connectivity index (χ0v) is 18.9. The van der Waals surface area contributed by atoms with Gasteiger partial charge in [0.2, 0.25) is 5.91 Å². The van der Waals surface area contributed by atoms with Gasteiger partial charge in [-0.15, -0.1) is 0 Å². The van der Waals surface area contributed by atoms with Crippen molar-refractivity contribution in [2.24, 2.45) is 0 Å². The molecule has 1 saturated heterocycles. The number of thiazole rings is 1. The third-order valence-electron chi connectivity index (χ3n) is 5.76. The molecule has 1 aromatic carbocycles. The van der Waals surface area contributed by atoms with Crippen molar-refractivity contribution in [1.82, 2.24) is 24.6 Å². The number of carbonyl (C=O) groups excluding carboxylic acids is 1. The van der Waals surface area contributed by atoms with Crippen molar-refractivity contribution in [1.29, 1.82) is 0 Å². The highest BCUT2D eigenvalue weighted by Crippen LogP contribution is 2.27. The predicted molar refractivity (Wildman–Crippen MR) is 128 cm³/mol. The highest BCUT2D eigenvalue weighted by Gasteiger charge is 2.22. The van der Waals surface area contributed by atoms with Crippen LogP contribution in [0.5, 0.6) is 0 Å². The molecule has 0 unspecified atom stereocenters. The fourth-order valence-corrected chi connectivity index (χ4v) is 4.95. The van der Waals surface area contributed by atoms with Crippen LogP contribution in [-0.4, -0.2) is 56.7 Å². The number of nitrogens with zero attached hydrogens (tertiary/aromatic N) is 6. The van der Waals surface area contributed by atoms with Gasteiger partial charge >= 0.3 is 0 Å². The monoisotopic (exact) mass is 444 g/mol. The summed E-state index contributed by atoms with van der Waals surface area (Å²) in [5, 5.41) is 5.63. The lowest BCUT2D eigenvalue weighted by Crippen LogP contribution is -2.48. The number of para-hydroxylation sites is 1. The molecule has 0 aliphatic carbocycles. The van der Waals surface area contributed by atoms with Crippen molar-refractivity contribution < 1.29 is 4.79 Å². The first-order valence-electron chi connectivity index (χ1n) is 10.7. The topological polar surface area (TPSA) is 67.2 Å². The summed E-state index contributed by atoms with van der Waals surface area (Å²) >= 11 is 1.60. The Bertz CT molecular complexity index is 1250. The number of aryl methyl sites for hydroxylation is 1. The summed E-state index contributed by atoms with van der Waals surface area (Å²) in [5.41, 5.74) is 4.86. The maximum Gasteiger partial charge on any atom is 0.246 e. The summed E-state index contributed by atoms with van der Waals surface area (Å²) in [5.74, 6) is 0.0295. The van der Waals surface area contributed by atoms with E-state index in [2.05, 4.69) is 20.0 Å². The van der Waals surface area contributed by atoms with Gasteiger partial charge in [0.1, 0.15) is 10.3 Å². The molecule has 4 aromatic rings. The molecule has 1 aliphatic rings. The summed E-state index contributed by atoms with van der Waals surface area (Å²) in [4.78, 5) is 27.0. The molecule has 0 radical (unpaired) electrons. The van der Waals surface area contributed by atoms with Crippen LogP contribution in [0.4, 0.5) is 5.13 Å². The van der Waals surface area contributed by atoms with Crippen LogP contribution >= 0.6 is 11.3 Å². The number of fused-ring (bicyclic) bond motifs is 1. The zero-order valence-electron chi connectivity index (χ0n) is 18.1. The van der Waals surface area contributed by atoms with Crippen LogP contribution in [0, 0.1) is 13.8 Å². The molecule has 4 heterocycles. The van der Waals surface area contributed by atoms with E-state index in [1.165, 1.54) is 0 Å². The Morgan fingerprint density at radius 2 is 1.81 bits per heavy atom. The fourth-order valence-electron chi connectivity index (χ4n) is 3.99. The Kier molecular flexibility index (Phi) is 5.45. The smallest absolute Gasteiger partial charge is 0.246 e. The molecule has 0 N–H and O–H groups in total. The van der Waals surface area contributed by atoms with E-state index in [1.54, 1.807) is 23.6 Å². The molecular weight excluding hydrogens is 420 g/mol. The second-order valence-corrected chi connectivity index (χ2v) is 8.76. The van der Waals surface area contributed by atoms with Crippen molar-refractivity contribution >= 4 is 38.8 Å². The number of aromatic nitrogens is 4. The molecule has 1 aliphatic heterocycles. The number of pyridine rings is 1. The molecule has 8 heteroatoms. The van der Waals surface area contributed by atoms with E-state index in [4.69, 9.17) is 0 Å². The van der Waals surface area contributed by atoms with E-state index in [0.717, 1.165) is 51.2 Å². The van der Waals surface area contributed by atoms with Gasteiger partial charge in [0.05, 0.1) is 11.4 Å². The van der Waals surface area contributed by atoms with E-state index < -0.39 is 0 Å². The molecule has 162 valence electrons. The molecule has 0 saturated carbocycles. The minimum absolute atomic E-state index is 0.0295. The first kappa shape index (κ1) is 20.4. The number of piperazine rings is 1. The van der Waals surface area contributed by atoms with Crippen molar-refractivity contribution in [3.8, 4) is 5.69 Å². The van der Waals surface area contributed by atoms with Gasteiger partial charge in [-0.1, -0.05) is 29.5 Å². The maximum absolute atomic E-state index is 12.8. The lowest BCUT2D eigenvalue weighted by atomic mass is 10.1. The van der Waals surface area contributed by atoms with E-state index >= 15 is 0 Å². The Hall–Kier alpha value is -3.52. The van der Waals surface area contributed by atoms with Gasteiger partial charge in [-0.05, 0) is 44.2 Å². The van der Waals surface area contributed by atoms with Gasteiger partial charge < -0.3 is 9.80 Å². The Morgan fingerprint density at radius 1 is 1.03 bits per heavy atom. The molecule has 0 spiro atoms. The van der Waals surface area contributed by atoms with Crippen molar-refractivity contribution in [2.45, 2.75) is 13.8 Å². The molecule has 0 atom stereocenters. The second-order valence-electron chi connectivity index (χ2n) is 7.80. The highest BCUT2D eigenvalue weighted by molar-refractivity contribution is 7.21. The molecule has 7 nitrogen and oxygen atoms in total. The van der Waals surface area contributed by atoms with Gasteiger partial charge in [0.15, 0.2) is 5.13 Å². The number of benzene rings is 1. The van der Waals surface area contributed by atoms with Crippen LogP contribution in [0.15, 0.2) is 54.7 Å². The summed E-state index contributed by atoms with van der Waals surface area (Å²) in [6.45, 7) is 6.89. The number of hydrogen-bond donors (Lipinski definition) is 0. The first-order valence-corrected chi connectivity index (χ1v) is 11.5. The number of anilines is 1. The van der Waals surface area contributed by atoms with E-state index in [-0.39, 0.29) is 5.91 Å². The van der Waals surface area contributed by atoms with Crippen molar-refractivity contribution in [3.05, 3.63) is 71.7 Å². The van der Waals surface area contributed by atoms with Gasteiger partial charge in [0, 0.05) is 49.7 Å². The first-order chi connectivity index (χ1) is 15.6. The van der Waals surface area contributed by atoms with Gasteiger partial charge in [0.25, 0.3) is 0 Å². The molecule has 1 fully saturated rings. The van der Waals surface area contributed by atoms with Crippen LogP contribution in [-0.2, 0) is 4.79 Å². The summed E-state index contributed by atoms with van der Waals surface area (Å²) in [6.07, 6.45) is 5.36. The number of amides is 1. The van der Waals surface area contributed by atoms with E-state index in [0.29, 0.717) is 13.1 Å². The van der Waals surface area contributed by atoms with Gasteiger partial charge in [-0.3, -0.25) is 4.79 Å². The maximum atomic E-state index is 12.8. The number of rotatable bonds is 4. The second kappa shape index (κ2) is 8.55. The largest absolute Gasteiger partial charge is 0.344 e. The van der Waals surface area contributed by atoms with E-state index in [1.807, 2.05) is 72.0 Å². The Balaban J connectivity index is 1.25. The number of carbonyl (C=O) groups is 1. The summed E-state index contributed by atoms with van der Waals surface area (Å²) < 4.78 is 1.92. The average Bonchev–Trinajstić information content (AvgIpc) is 3.39. The molecule has 5 rings (SSSR count). The SMILES string of the molecule is Cc1nn(-c2ccccc2)c(C)c1/C=C/C(=O)N1CCN(c2nc3cccnc3s2)CC1. The zero-order chi connectivity index (χ0) is 22.1. The predicted octanol–water partition coefficient (Wildman–Crippen LogP) is 3.86. The minimum Gasteiger partial charge on any atom is -0.344 e. The number of hydrogen-bond acceptors (Lipinski definition) is 6. The standard InChI is InChI=1S/C24H24N6OS/c1-17-20(18(2)30(27-17)19-7-4-3-5-8-19)10-11-22(31)28-13-15-29(16-14-28)24-26-21-9-6-12-25-23(21)32-24/h3-12H,13-16H2,1-2H3/b11-10+. The van der Waals surface area contributed by atoms with Crippen molar-refractivity contribution in [2.75, 3.05) is 31.1 Å². The van der Waals surface area contributed by atoms with Crippen LogP contribution < -0.4 is 4.90 Å². The quantitative estimate of drug-likeness (QED) is 0.447. The molecule has 1 amide bonds. The van der Waals surface area contributed by atoms with E-state index in [9.17, 15) is 4.79 Å². The Morgan fingerprint density at radius 3 is 2.56 bits per heavy atom. The van der Waals surface area contributed by atoms with Crippen molar-refractivity contribution in [3.63, 3.8) is 0 Å². The lowest BCUT2D eigenvalue weighted by Gasteiger charge is -2.34. The highest BCUT2D eigenvalue weighted by atomic mass is 32.1. The lowest BCUT2D eigenvalue weighted by molar-refractivity contribution is -0.126. The molecule has 3 aromatic heterocycles. The molecule has 32 heavy (non-hydrogen) atoms. The molecule has 0 bridgehead atoms. The normalized spacial score (nSPS) is 14.6. The third kappa shape index (κ3) is 3.89. The summed E-state index contributed by atoms with van der Waals surface area (Å²) in [6, 6.07) is 13.9. The fraction of sp³-hybridized carbons (Fsp3) is 0.250. The van der Waals surface area contributed by atoms with Crippen LogP contribution in [0.3, 0.4) is 0 Å². The van der Waals surface area contributed by atoms with Gasteiger partial charge in [-0.2, -0.15) is 5.10 Å². The Labute approximate surface area is 190 Å². The van der Waals surface area contributed by atoms with Gasteiger partial charge in [-0.25, -0.2) is 14.6 Å². The summed E-state index contributed by atoms with van der Waals surface area (Å²) in [7, 11) is 0.